The van der Waals surface area contributed by atoms with Gasteiger partial charge in [-0.05, 0) is 19.8 Å². The van der Waals surface area contributed by atoms with Gasteiger partial charge in [0.25, 0.3) is 0 Å². The zero-order chi connectivity index (χ0) is 15.1. The molecule has 0 unspecified atom stereocenters. The first kappa shape index (κ1) is 15.3. The normalized spacial score (nSPS) is 17.4. The van der Waals surface area contributed by atoms with E-state index >= 15 is 0 Å². The first-order valence-corrected chi connectivity index (χ1v) is 7.19. The van der Waals surface area contributed by atoms with Gasteiger partial charge in [0.05, 0.1) is 19.2 Å². The predicted molar refractivity (Wildman–Crippen MR) is 77.3 cm³/mol. The van der Waals surface area contributed by atoms with Crippen LogP contribution in [0.25, 0.3) is 0 Å². The average Bonchev–Trinajstić information content (AvgIpc) is 3.15. The number of hydrogen-bond donors (Lipinski definition) is 1. The van der Waals surface area contributed by atoms with Crippen molar-refractivity contribution < 1.29 is 9.53 Å². The Kier molecular flexibility index (Phi) is 5.58. The van der Waals surface area contributed by atoms with Crippen molar-refractivity contribution >= 4 is 6.03 Å². The smallest absolute Gasteiger partial charge is 0.318 e. The molecule has 1 fully saturated rings. The highest BCUT2D eigenvalue weighted by atomic mass is 16.5. The van der Waals surface area contributed by atoms with Gasteiger partial charge in [-0.25, -0.2) is 4.79 Å². The van der Waals surface area contributed by atoms with Crippen LogP contribution in [-0.4, -0.2) is 51.5 Å². The van der Waals surface area contributed by atoms with Crippen molar-refractivity contribution in [2.24, 2.45) is 0 Å². The van der Waals surface area contributed by atoms with Gasteiger partial charge in [-0.15, -0.1) is 16.6 Å². The molecule has 0 spiro atoms. The zero-order valence-electron chi connectivity index (χ0n) is 12.3. The van der Waals surface area contributed by atoms with Crippen molar-refractivity contribution in [2.45, 2.75) is 39.0 Å². The molecule has 21 heavy (non-hydrogen) atoms. The summed E-state index contributed by atoms with van der Waals surface area (Å²) in [5.74, 6) is 3.24. The fraction of sp³-hybridized carbons (Fsp3) is 0.643. The molecule has 2 amide bonds. The Bertz CT molecular complexity index is 502. The summed E-state index contributed by atoms with van der Waals surface area (Å²) in [6.07, 6.45) is 9.08. The van der Waals surface area contributed by atoms with Crippen molar-refractivity contribution in [1.82, 2.24) is 25.0 Å². The molecule has 1 aromatic heterocycles. The molecule has 1 atom stereocenters. The van der Waals surface area contributed by atoms with Crippen LogP contribution in [0.15, 0.2) is 6.33 Å². The molecule has 1 aliphatic rings. The molecule has 1 N–H and O–H groups in total. The summed E-state index contributed by atoms with van der Waals surface area (Å²) in [6, 6.07) is -0.200. The number of nitrogens with one attached hydrogen (secondary N) is 1. The first-order valence-electron chi connectivity index (χ1n) is 7.19. The second-order valence-corrected chi connectivity index (χ2v) is 4.91. The minimum atomic E-state index is -0.200. The first-order chi connectivity index (χ1) is 10.2. The van der Waals surface area contributed by atoms with E-state index in [2.05, 4.69) is 21.4 Å². The Labute approximate surface area is 124 Å². The molecule has 0 aromatic carbocycles. The Morgan fingerprint density at radius 1 is 1.71 bits per heavy atom. The molecule has 0 bridgehead atoms. The van der Waals surface area contributed by atoms with Gasteiger partial charge < -0.3 is 19.5 Å². The Balaban J connectivity index is 1.87. The molecule has 1 saturated heterocycles. The lowest BCUT2D eigenvalue weighted by Crippen LogP contribution is -2.44. The van der Waals surface area contributed by atoms with Crippen LogP contribution in [-0.2, 0) is 17.8 Å². The fourth-order valence-corrected chi connectivity index (χ4v) is 2.31. The summed E-state index contributed by atoms with van der Waals surface area (Å²) in [5.41, 5.74) is 0. The van der Waals surface area contributed by atoms with Crippen LogP contribution >= 0.6 is 0 Å². The van der Waals surface area contributed by atoms with Crippen molar-refractivity contribution in [3.8, 4) is 12.3 Å². The molecule has 0 aliphatic carbocycles. The molecule has 0 radical (unpaired) electrons. The van der Waals surface area contributed by atoms with Crippen LogP contribution < -0.4 is 5.32 Å². The molecule has 2 heterocycles. The van der Waals surface area contributed by atoms with Crippen LogP contribution in [0.1, 0.15) is 25.6 Å². The highest BCUT2D eigenvalue weighted by Gasteiger charge is 2.22. The number of carbonyl (C=O) groups excluding carboxylic acids is 1. The van der Waals surface area contributed by atoms with Crippen molar-refractivity contribution in [1.29, 1.82) is 0 Å². The topological polar surface area (TPSA) is 72.3 Å². The third-order valence-corrected chi connectivity index (χ3v) is 3.45. The molecule has 1 aromatic rings. The molecule has 0 saturated carbocycles. The largest absolute Gasteiger partial charge is 0.376 e. The summed E-state index contributed by atoms with van der Waals surface area (Å²) in [7, 11) is 0. The van der Waals surface area contributed by atoms with E-state index in [9.17, 15) is 4.79 Å². The van der Waals surface area contributed by atoms with Crippen LogP contribution in [0.3, 0.4) is 0 Å². The lowest BCUT2D eigenvalue weighted by molar-refractivity contribution is 0.0845. The van der Waals surface area contributed by atoms with E-state index in [0.717, 1.165) is 31.8 Å². The maximum Gasteiger partial charge on any atom is 0.318 e. The number of terminal acetylenes is 1. The number of amides is 2. The number of aromatic nitrogens is 3. The van der Waals surface area contributed by atoms with Crippen LogP contribution in [0, 0.1) is 12.3 Å². The Hall–Kier alpha value is -2.07. The Morgan fingerprint density at radius 2 is 2.57 bits per heavy atom. The monoisotopic (exact) mass is 291 g/mol. The van der Waals surface area contributed by atoms with E-state index < -0.39 is 0 Å². The summed E-state index contributed by atoms with van der Waals surface area (Å²) in [4.78, 5) is 13.8. The van der Waals surface area contributed by atoms with Gasteiger partial charge in [0.1, 0.15) is 6.33 Å². The number of ether oxygens (including phenoxy) is 1. The summed E-state index contributed by atoms with van der Waals surface area (Å²) in [6.45, 7) is 4.65. The zero-order valence-corrected chi connectivity index (χ0v) is 12.3. The average molecular weight is 291 g/mol. The highest BCUT2D eigenvalue weighted by Crippen LogP contribution is 2.13. The molecular weight excluding hydrogens is 270 g/mol. The summed E-state index contributed by atoms with van der Waals surface area (Å²) < 4.78 is 7.43. The van der Waals surface area contributed by atoms with E-state index in [1.165, 1.54) is 0 Å². The van der Waals surface area contributed by atoms with Crippen LogP contribution in [0.4, 0.5) is 4.79 Å². The lowest BCUT2D eigenvalue weighted by Gasteiger charge is -2.23. The maximum atomic E-state index is 12.2. The molecular formula is C14H21N5O2. The minimum absolute atomic E-state index is 0.0865. The van der Waals surface area contributed by atoms with E-state index in [1.807, 2.05) is 11.5 Å². The predicted octanol–water partition coefficient (Wildman–Crippen LogP) is 0.622. The van der Waals surface area contributed by atoms with Crippen LogP contribution in [0.5, 0.6) is 0 Å². The van der Waals surface area contributed by atoms with E-state index in [0.29, 0.717) is 13.1 Å². The number of aryl methyl sites for hydroxylation is 1. The maximum absolute atomic E-state index is 12.2. The third kappa shape index (κ3) is 4.20. The second-order valence-electron chi connectivity index (χ2n) is 4.91. The van der Waals surface area contributed by atoms with E-state index in [1.54, 1.807) is 11.2 Å². The van der Waals surface area contributed by atoms with Gasteiger partial charge in [0.2, 0.25) is 0 Å². The van der Waals surface area contributed by atoms with E-state index in [4.69, 9.17) is 11.2 Å². The van der Waals surface area contributed by atoms with Crippen molar-refractivity contribution in [3.05, 3.63) is 12.2 Å². The molecule has 1 aliphatic heterocycles. The SMILES string of the molecule is C#CCN(C[C@@H]1CCCO1)C(=O)NCc1nncn1CC. The van der Waals surface area contributed by atoms with Gasteiger partial charge in [0, 0.05) is 19.7 Å². The molecule has 2 rings (SSSR count). The highest BCUT2D eigenvalue weighted by molar-refractivity contribution is 5.74. The number of hydrogen-bond acceptors (Lipinski definition) is 4. The Morgan fingerprint density at radius 3 is 3.24 bits per heavy atom. The number of urea groups is 1. The lowest BCUT2D eigenvalue weighted by atomic mass is 10.2. The number of nitrogens with zero attached hydrogens (tertiary/aromatic N) is 4. The summed E-state index contributed by atoms with van der Waals surface area (Å²) in [5, 5.41) is 10.6. The van der Waals surface area contributed by atoms with Gasteiger partial charge in [-0.1, -0.05) is 5.92 Å². The van der Waals surface area contributed by atoms with E-state index in [-0.39, 0.29) is 18.7 Å². The van der Waals surface area contributed by atoms with Crippen molar-refractivity contribution in [2.75, 3.05) is 19.7 Å². The second kappa shape index (κ2) is 7.64. The van der Waals surface area contributed by atoms with Crippen molar-refractivity contribution in [3.63, 3.8) is 0 Å². The van der Waals surface area contributed by atoms with Gasteiger partial charge in [-0.2, -0.15) is 0 Å². The fourth-order valence-electron chi connectivity index (χ4n) is 2.31. The molecule has 7 nitrogen and oxygen atoms in total. The summed E-state index contributed by atoms with van der Waals surface area (Å²) >= 11 is 0. The van der Waals surface area contributed by atoms with Crippen LogP contribution in [0.2, 0.25) is 0 Å². The number of rotatable bonds is 6. The van der Waals surface area contributed by atoms with Gasteiger partial charge in [-0.3, -0.25) is 0 Å². The standard InChI is InChI=1S/C14H21N5O2/c1-3-7-19(10-12-6-5-8-21-12)14(20)15-9-13-17-16-11-18(13)4-2/h1,11-12H,4-10H2,2H3,(H,15,20)/t12-/m0/s1. The third-order valence-electron chi connectivity index (χ3n) is 3.45. The minimum Gasteiger partial charge on any atom is -0.376 e. The molecule has 114 valence electrons. The quantitative estimate of drug-likeness (QED) is 0.780. The van der Waals surface area contributed by atoms with Gasteiger partial charge in [0.15, 0.2) is 5.82 Å². The van der Waals surface area contributed by atoms with Gasteiger partial charge >= 0.3 is 6.03 Å². The molecule has 7 heteroatoms. The number of carbonyl (C=O) groups is 1.